The summed E-state index contributed by atoms with van der Waals surface area (Å²) in [7, 11) is 0. The van der Waals surface area contributed by atoms with E-state index in [1.807, 2.05) is 0 Å². The van der Waals surface area contributed by atoms with Crippen molar-refractivity contribution in [3.63, 3.8) is 0 Å². The van der Waals surface area contributed by atoms with Crippen LogP contribution in [0.2, 0.25) is 10.0 Å². The van der Waals surface area contributed by atoms with E-state index >= 15 is 0 Å². The predicted molar refractivity (Wildman–Crippen MR) is 94.2 cm³/mol. The number of halogens is 3. The Bertz CT molecular complexity index is 983. The zero-order valence-electron chi connectivity index (χ0n) is 12.5. The van der Waals surface area contributed by atoms with E-state index in [-0.39, 0.29) is 21.0 Å². The maximum absolute atomic E-state index is 13.5. The van der Waals surface area contributed by atoms with E-state index in [0.29, 0.717) is 11.5 Å². The lowest BCUT2D eigenvalue weighted by atomic mass is 10.2. The van der Waals surface area contributed by atoms with Gasteiger partial charge in [-0.15, -0.1) is 0 Å². The molecule has 0 bridgehead atoms. The first-order valence-electron chi connectivity index (χ1n) is 7.05. The van der Waals surface area contributed by atoms with E-state index in [9.17, 15) is 14.0 Å². The SMILES string of the molecule is O=C(Nc1ccc(-n2ccc(=O)cc2)nc1)c1cc(F)c(Cl)cc1Cl. The van der Waals surface area contributed by atoms with Gasteiger partial charge in [0.1, 0.15) is 11.6 Å². The van der Waals surface area contributed by atoms with Crippen molar-refractivity contribution >= 4 is 34.8 Å². The van der Waals surface area contributed by atoms with Crippen LogP contribution in [0, 0.1) is 5.82 Å². The quantitative estimate of drug-likeness (QED) is 0.703. The van der Waals surface area contributed by atoms with Crippen LogP contribution in [-0.2, 0) is 0 Å². The van der Waals surface area contributed by atoms with Crippen LogP contribution in [0.4, 0.5) is 10.1 Å². The van der Waals surface area contributed by atoms with Crippen molar-refractivity contribution in [3.05, 3.63) is 86.6 Å². The van der Waals surface area contributed by atoms with Gasteiger partial charge in [-0.2, -0.15) is 0 Å². The van der Waals surface area contributed by atoms with Gasteiger partial charge in [-0.25, -0.2) is 9.37 Å². The van der Waals surface area contributed by atoms with Gasteiger partial charge in [0, 0.05) is 24.5 Å². The van der Waals surface area contributed by atoms with Gasteiger partial charge in [0.2, 0.25) is 0 Å². The lowest BCUT2D eigenvalue weighted by Crippen LogP contribution is -2.13. The topological polar surface area (TPSA) is 64.0 Å². The molecule has 0 aliphatic rings. The normalized spacial score (nSPS) is 10.5. The summed E-state index contributed by atoms with van der Waals surface area (Å²) in [4.78, 5) is 27.5. The molecule has 0 fully saturated rings. The molecule has 1 N–H and O–H groups in total. The molecule has 2 aromatic heterocycles. The van der Waals surface area contributed by atoms with Gasteiger partial charge in [-0.05, 0) is 24.3 Å². The number of aromatic nitrogens is 2. The minimum atomic E-state index is -0.733. The second-order valence-corrected chi connectivity index (χ2v) is 5.86. The molecule has 5 nitrogen and oxygen atoms in total. The summed E-state index contributed by atoms with van der Waals surface area (Å²) in [6, 6.07) is 8.25. The number of nitrogens with one attached hydrogen (secondary N) is 1. The van der Waals surface area contributed by atoms with Crippen molar-refractivity contribution in [1.29, 1.82) is 0 Å². The molecule has 3 rings (SSSR count). The molecular weight excluding hydrogens is 368 g/mol. The van der Waals surface area contributed by atoms with Crippen molar-refractivity contribution < 1.29 is 9.18 Å². The fourth-order valence-electron chi connectivity index (χ4n) is 2.07. The Morgan fingerprint density at radius 2 is 1.80 bits per heavy atom. The summed E-state index contributed by atoms with van der Waals surface area (Å²) >= 11 is 11.5. The highest BCUT2D eigenvalue weighted by Gasteiger charge is 2.14. The van der Waals surface area contributed by atoms with E-state index < -0.39 is 11.7 Å². The molecule has 0 saturated heterocycles. The minimum Gasteiger partial charge on any atom is -0.321 e. The highest BCUT2D eigenvalue weighted by molar-refractivity contribution is 6.37. The summed E-state index contributed by atoms with van der Waals surface area (Å²) < 4.78 is 15.2. The Hall–Kier alpha value is -2.70. The van der Waals surface area contributed by atoms with Gasteiger partial charge < -0.3 is 9.88 Å². The average molecular weight is 378 g/mol. The molecule has 1 amide bonds. The Morgan fingerprint density at radius 3 is 2.44 bits per heavy atom. The first-order chi connectivity index (χ1) is 11.9. The number of carbonyl (C=O) groups excluding carboxylic acids is 1. The van der Waals surface area contributed by atoms with Gasteiger partial charge in [0.15, 0.2) is 5.43 Å². The number of anilines is 1. The fraction of sp³-hybridized carbons (Fsp3) is 0. The molecule has 126 valence electrons. The van der Waals surface area contributed by atoms with Crippen LogP contribution in [0.5, 0.6) is 0 Å². The van der Waals surface area contributed by atoms with Crippen molar-refractivity contribution in [1.82, 2.24) is 9.55 Å². The number of benzene rings is 1. The van der Waals surface area contributed by atoms with Gasteiger partial charge in [-0.1, -0.05) is 23.2 Å². The van der Waals surface area contributed by atoms with Crippen LogP contribution < -0.4 is 10.7 Å². The first kappa shape index (κ1) is 17.1. The molecule has 0 radical (unpaired) electrons. The van der Waals surface area contributed by atoms with Crippen molar-refractivity contribution in [3.8, 4) is 5.82 Å². The maximum Gasteiger partial charge on any atom is 0.257 e. The second kappa shape index (κ2) is 7.04. The lowest BCUT2D eigenvalue weighted by molar-refractivity contribution is 0.102. The summed E-state index contributed by atoms with van der Waals surface area (Å²) in [6.07, 6.45) is 4.60. The molecule has 0 spiro atoms. The molecule has 0 atom stereocenters. The van der Waals surface area contributed by atoms with Crippen LogP contribution in [0.25, 0.3) is 5.82 Å². The van der Waals surface area contributed by atoms with Crippen LogP contribution in [0.15, 0.2) is 59.8 Å². The highest BCUT2D eigenvalue weighted by Crippen LogP contribution is 2.25. The highest BCUT2D eigenvalue weighted by atomic mass is 35.5. The molecule has 8 heteroatoms. The number of amides is 1. The number of hydrogen-bond donors (Lipinski definition) is 1. The molecule has 3 aromatic rings. The predicted octanol–water partition coefficient (Wildman–Crippen LogP) is 3.93. The lowest BCUT2D eigenvalue weighted by Gasteiger charge is -2.09. The minimum absolute atomic E-state index is 0.0342. The summed E-state index contributed by atoms with van der Waals surface area (Å²) in [5.41, 5.74) is 0.265. The number of pyridine rings is 2. The fourth-order valence-corrected chi connectivity index (χ4v) is 2.54. The zero-order valence-corrected chi connectivity index (χ0v) is 14.1. The van der Waals surface area contributed by atoms with Crippen LogP contribution in [0.1, 0.15) is 10.4 Å². The Labute approximate surface area is 151 Å². The summed E-state index contributed by atoms with van der Waals surface area (Å²) in [5, 5.41) is 2.46. The molecule has 25 heavy (non-hydrogen) atoms. The van der Waals surface area contributed by atoms with Crippen molar-refractivity contribution in [2.75, 3.05) is 5.32 Å². The largest absolute Gasteiger partial charge is 0.321 e. The van der Waals surface area contributed by atoms with E-state index in [1.54, 1.807) is 29.1 Å². The van der Waals surface area contributed by atoms with Gasteiger partial charge in [-0.3, -0.25) is 9.59 Å². The number of hydrogen-bond acceptors (Lipinski definition) is 3. The Kier molecular flexibility index (Phi) is 4.83. The number of nitrogens with zero attached hydrogens (tertiary/aromatic N) is 2. The molecule has 0 aliphatic carbocycles. The summed E-state index contributed by atoms with van der Waals surface area (Å²) in [6.45, 7) is 0. The first-order valence-corrected chi connectivity index (χ1v) is 7.80. The molecule has 0 unspecified atom stereocenters. The second-order valence-electron chi connectivity index (χ2n) is 5.05. The van der Waals surface area contributed by atoms with Crippen LogP contribution >= 0.6 is 23.2 Å². The monoisotopic (exact) mass is 377 g/mol. The van der Waals surface area contributed by atoms with E-state index in [0.717, 1.165) is 6.07 Å². The smallest absolute Gasteiger partial charge is 0.257 e. The number of carbonyl (C=O) groups is 1. The van der Waals surface area contributed by atoms with E-state index in [1.165, 1.54) is 24.4 Å². The van der Waals surface area contributed by atoms with Crippen LogP contribution in [0.3, 0.4) is 0 Å². The zero-order chi connectivity index (χ0) is 18.0. The standard InChI is InChI=1S/C17H10Cl2FN3O2/c18-13-8-14(19)15(20)7-12(13)17(25)22-10-1-2-16(21-9-10)23-5-3-11(24)4-6-23/h1-9H,(H,22,25). The molecular formula is C17H10Cl2FN3O2. The van der Waals surface area contributed by atoms with Gasteiger partial charge >= 0.3 is 0 Å². The third kappa shape index (κ3) is 3.87. The van der Waals surface area contributed by atoms with Crippen molar-refractivity contribution in [2.24, 2.45) is 0 Å². The van der Waals surface area contributed by atoms with Gasteiger partial charge in [0.25, 0.3) is 5.91 Å². The van der Waals surface area contributed by atoms with E-state index in [2.05, 4.69) is 10.3 Å². The van der Waals surface area contributed by atoms with E-state index in [4.69, 9.17) is 23.2 Å². The molecule has 2 heterocycles. The van der Waals surface area contributed by atoms with Crippen molar-refractivity contribution in [2.45, 2.75) is 0 Å². The number of rotatable bonds is 3. The van der Waals surface area contributed by atoms with Crippen LogP contribution in [-0.4, -0.2) is 15.5 Å². The summed E-state index contributed by atoms with van der Waals surface area (Å²) in [5.74, 6) is -0.755. The third-order valence-electron chi connectivity index (χ3n) is 3.32. The maximum atomic E-state index is 13.5. The molecule has 0 saturated carbocycles. The Balaban J connectivity index is 1.79. The average Bonchev–Trinajstić information content (AvgIpc) is 2.59. The Morgan fingerprint density at radius 1 is 1.08 bits per heavy atom. The molecule has 1 aromatic carbocycles. The molecule has 0 aliphatic heterocycles. The third-order valence-corrected chi connectivity index (χ3v) is 3.93. The van der Waals surface area contributed by atoms with Gasteiger partial charge in [0.05, 0.1) is 27.5 Å².